The molecule has 0 saturated heterocycles. The van der Waals surface area contributed by atoms with Crippen molar-refractivity contribution in [3.63, 3.8) is 0 Å². The summed E-state index contributed by atoms with van der Waals surface area (Å²) in [6.07, 6.45) is 1.94. The molecular weight excluding hydrogens is 498 g/mol. The van der Waals surface area contributed by atoms with Crippen LogP contribution in [0.1, 0.15) is 30.9 Å². The molecule has 1 amide bonds. The van der Waals surface area contributed by atoms with Crippen molar-refractivity contribution in [1.82, 2.24) is 4.72 Å². The molecule has 0 aromatic heterocycles. The van der Waals surface area contributed by atoms with Crippen LogP contribution in [-0.2, 0) is 27.8 Å². The van der Waals surface area contributed by atoms with Crippen LogP contribution in [0.5, 0.6) is 5.75 Å². The van der Waals surface area contributed by atoms with Crippen LogP contribution >= 0.6 is 0 Å². The Morgan fingerprint density at radius 3 is 2.43 bits per heavy atom. The van der Waals surface area contributed by atoms with Crippen LogP contribution < -0.4 is 15.2 Å². The van der Waals surface area contributed by atoms with Gasteiger partial charge in [-0.05, 0) is 54.5 Å². The molecule has 3 aromatic rings. The van der Waals surface area contributed by atoms with Crippen molar-refractivity contribution in [3.8, 4) is 16.9 Å². The molecular formula is C28H30F2N2O4S. The topological polar surface area (TPSA) is 98.5 Å². The van der Waals surface area contributed by atoms with E-state index in [9.17, 15) is 17.6 Å². The Kier molecular flexibility index (Phi) is 7.66. The maximum atomic E-state index is 15.1. The molecule has 3 N–H and O–H groups in total. The molecule has 6 nitrogen and oxygen atoms in total. The Hall–Kier alpha value is -3.30. The van der Waals surface area contributed by atoms with Gasteiger partial charge in [-0.1, -0.05) is 55.5 Å². The summed E-state index contributed by atoms with van der Waals surface area (Å²) in [5, 5.41) is 0. The lowest BCUT2D eigenvalue weighted by Crippen LogP contribution is -2.42. The van der Waals surface area contributed by atoms with E-state index in [0.29, 0.717) is 12.0 Å². The smallest absolute Gasteiger partial charge is 0.224 e. The van der Waals surface area contributed by atoms with Crippen molar-refractivity contribution in [1.29, 1.82) is 0 Å². The van der Waals surface area contributed by atoms with Gasteiger partial charge in [0.1, 0.15) is 12.4 Å². The van der Waals surface area contributed by atoms with Crippen molar-refractivity contribution < 1.29 is 26.7 Å². The first-order valence-electron chi connectivity index (χ1n) is 12.0. The fraction of sp³-hybridized carbons (Fsp3) is 0.321. The molecule has 1 saturated carbocycles. The normalized spacial score (nSPS) is 21.6. The fourth-order valence-corrected chi connectivity index (χ4v) is 6.08. The van der Waals surface area contributed by atoms with Gasteiger partial charge in [-0.3, -0.25) is 4.79 Å². The minimum Gasteiger partial charge on any atom is -0.485 e. The number of primary amides is 1. The zero-order chi connectivity index (χ0) is 26.8. The predicted molar refractivity (Wildman–Crippen MR) is 138 cm³/mol. The van der Waals surface area contributed by atoms with Crippen LogP contribution in [0, 0.1) is 23.0 Å². The van der Waals surface area contributed by atoms with Crippen molar-refractivity contribution >= 4 is 15.9 Å². The second kappa shape index (κ2) is 10.6. The highest BCUT2D eigenvalue weighted by atomic mass is 32.2. The number of sulfonamides is 1. The van der Waals surface area contributed by atoms with E-state index in [1.807, 2.05) is 37.3 Å². The average molecular weight is 529 g/mol. The third-order valence-electron chi connectivity index (χ3n) is 7.10. The standard InChI is InChI=1S/C28H30F2N2O4S/c1-18-13-21(32-37(2,34)35)16-28(18,27(31)33)15-20-11-12-24(29)23(14-20)22-9-6-10-25(30)26(22)36-17-19-7-4-3-5-8-19/h3-12,14,18,21,32H,13,15-17H2,1-2H3,(H2,31,33)/t18-,21-,28+/m0/s1. The summed E-state index contributed by atoms with van der Waals surface area (Å²) < 4.78 is 61.8. The lowest BCUT2D eigenvalue weighted by atomic mass is 9.73. The first-order valence-corrected chi connectivity index (χ1v) is 13.9. The van der Waals surface area contributed by atoms with E-state index in [1.165, 1.54) is 18.2 Å². The fourth-order valence-electron chi connectivity index (χ4n) is 5.30. The highest BCUT2D eigenvalue weighted by molar-refractivity contribution is 7.88. The highest BCUT2D eigenvalue weighted by Crippen LogP contribution is 2.46. The summed E-state index contributed by atoms with van der Waals surface area (Å²) in [7, 11) is -3.46. The Morgan fingerprint density at radius 2 is 1.76 bits per heavy atom. The zero-order valence-electron chi connectivity index (χ0n) is 20.7. The number of nitrogens with one attached hydrogen (secondary N) is 1. The molecule has 0 heterocycles. The van der Waals surface area contributed by atoms with Gasteiger partial charge in [-0.25, -0.2) is 21.9 Å². The molecule has 37 heavy (non-hydrogen) atoms. The van der Waals surface area contributed by atoms with Gasteiger partial charge < -0.3 is 10.5 Å². The molecule has 196 valence electrons. The van der Waals surface area contributed by atoms with Gasteiger partial charge in [0.2, 0.25) is 15.9 Å². The minimum atomic E-state index is -3.46. The number of ether oxygens (including phenoxy) is 1. The van der Waals surface area contributed by atoms with E-state index in [-0.39, 0.29) is 42.2 Å². The Labute approximate surface area is 215 Å². The Balaban J connectivity index is 1.66. The zero-order valence-corrected chi connectivity index (χ0v) is 21.5. The van der Waals surface area contributed by atoms with Gasteiger partial charge in [0.25, 0.3) is 0 Å². The summed E-state index contributed by atoms with van der Waals surface area (Å²) >= 11 is 0. The van der Waals surface area contributed by atoms with E-state index in [2.05, 4.69) is 4.72 Å². The average Bonchev–Trinajstić information content (AvgIpc) is 3.14. The summed E-state index contributed by atoms with van der Waals surface area (Å²) in [5.41, 5.74) is 6.68. The van der Waals surface area contributed by atoms with Crippen LogP contribution in [0.25, 0.3) is 11.1 Å². The first-order chi connectivity index (χ1) is 17.5. The second-order valence-electron chi connectivity index (χ2n) is 9.83. The lowest BCUT2D eigenvalue weighted by molar-refractivity contribution is -0.129. The SMILES string of the molecule is C[C@H]1C[C@H](NS(C)(=O)=O)C[C@@]1(Cc1ccc(F)c(-c2cccc(F)c2OCc2ccccc2)c1)C(N)=O. The molecule has 3 aromatic carbocycles. The quantitative estimate of drug-likeness (QED) is 0.425. The van der Waals surface area contributed by atoms with Crippen LogP contribution in [-0.4, -0.2) is 26.6 Å². The highest BCUT2D eigenvalue weighted by Gasteiger charge is 2.50. The number of nitrogens with two attached hydrogens (primary N) is 1. The van der Waals surface area contributed by atoms with Gasteiger partial charge in [0.05, 0.1) is 11.7 Å². The third-order valence-corrected chi connectivity index (χ3v) is 7.86. The molecule has 3 atom stereocenters. The number of carbonyl (C=O) groups excluding carboxylic acids is 1. The molecule has 0 radical (unpaired) electrons. The number of halogens is 2. The molecule has 0 aliphatic heterocycles. The van der Waals surface area contributed by atoms with Gasteiger partial charge in [-0.15, -0.1) is 0 Å². The molecule has 0 bridgehead atoms. The van der Waals surface area contributed by atoms with Gasteiger partial charge in [0, 0.05) is 17.2 Å². The number of hydrogen-bond donors (Lipinski definition) is 2. The van der Waals surface area contributed by atoms with Crippen LogP contribution in [0.2, 0.25) is 0 Å². The molecule has 9 heteroatoms. The van der Waals surface area contributed by atoms with Crippen molar-refractivity contribution in [2.24, 2.45) is 17.1 Å². The lowest BCUT2D eigenvalue weighted by Gasteiger charge is -2.30. The van der Waals surface area contributed by atoms with E-state index in [4.69, 9.17) is 10.5 Å². The summed E-state index contributed by atoms with van der Waals surface area (Å²) in [6, 6.07) is 17.6. The monoisotopic (exact) mass is 528 g/mol. The first kappa shape index (κ1) is 26.8. The molecule has 0 spiro atoms. The van der Waals surface area contributed by atoms with Crippen molar-refractivity contribution in [2.75, 3.05) is 6.26 Å². The molecule has 4 rings (SSSR count). The number of hydrogen-bond acceptors (Lipinski definition) is 4. The predicted octanol–water partition coefficient (Wildman–Crippen LogP) is 4.57. The summed E-state index contributed by atoms with van der Waals surface area (Å²) in [4.78, 5) is 12.7. The number of para-hydroxylation sites is 1. The third kappa shape index (κ3) is 5.99. The minimum absolute atomic E-state index is 0.0707. The van der Waals surface area contributed by atoms with E-state index in [1.54, 1.807) is 18.2 Å². The number of rotatable bonds is 9. The van der Waals surface area contributed by atoms with E-state index < -0.39 is 39.0 Å². The molecule has 1 fully saturated rings. The summed E-state index contributed by atoms with van der Waals surface area (Å²) in [6.45, 7) is 1.97. The maximum absolute atomic E-state index is 15.1. The van der Waals surface area contributed by atoms with Crippen LogP contribution in [0.3, 0.4) is 0 Å². The van der Waals surface area contributed by atoms with Crippen molar-refractivity contribution in [3.05, 3.63) is 89.5 Å². The number of benzene rings is 3. The van der Waals surface area contributed by atoms with Gasteiger partial charge in [0.15, 0.2) is 11.6 Å². The summed E-state index contributed by atoms with van der Waals surface area (Å²) in [5.74, 6) is -2.01. The van der Waals surface area contributed by atoms with E-state index >= 15 is 4.39 Å². The largest absolute Gasteiger partial charge is 0.485 e. The van der Waals surface area contributed by atoms with E-state index in [0.717, 1.165) is 11.8 Å². The number of amides is 1. The molecule has 1 aliphatic carbocycles. The maximum Gasteiger partial charge on any atom is 0.224 e. The molecule has 0 unspecified atom stereocenters. The second-order valence-corrected chi connectivity index (χ2v) is 11.6. The number of carbonyl (C=O) groups is 1. The van der Waals surface area contributed by atoms with Gasteiger partial charge >= 0.3 is 0 Å². The Morgan fingerprint density at radius 1 is 1.03 bits per heavy atom. The van der Waals surface area contributed by atoms with Crippen LogP contribution in [0.4, 0.5) is 8.78 Å². The molecule has 1 aliphatic rings. The van der Waals surface area contributed by atoms with Crippen molar-refractivity contribution in [2.45, 2.75) is 38.8 Å². The Bertz CT molecular complexity index is 1400. The van der Waals surface area contributed by atoms with Crippen LogP contribution in [0.15, 0.2) is 66.7 Å². The van der Waals surface area contributed by atoms with Gasteiger partial charge in [-0.2, -0.15) is 0 Å².